The van der Waals surface area contributed by atoms with Crippen LogP contribution in [0.5, 0.6) is 5.75 Å². The molecule has 8 heteroatoms. The molecule has 4 aromatic rings. The average Bonchev–Trinajstić information content (AvgIpc) is 3.14. The summed E-state index contributed by atoms with van der Waals surface area (Å²) in [7, 11) is 0. The second-order valence-electron chi connectivity index (χ2n) is 5.74. The smallest absolute Gasteiger partial charge is 0.277 e. The van der Waals surface area contributed by atoms with Crippen LogP contribution in [0.15, 0.2) is 58.2 Å². The van der Waals surface area contributed by atoms with Gasteiger partial charge in [0.05, 0.1) is 22.4 Å². The molecule has 27 heavy (non-hydrogen) atoms. The Labute approximate surface area is 165 Å². The number of hydrogen-bond acceptors (Lipinski definition) is 7. The molecule has 0 amide bonds. The maximum absolute atomic E-state index is 5.85. The maximum Gasteiger partial charge on any atom is 0.277 e. The number of halogens is 1. The zero-order valence-electron chi connectivity index (χ0n) is 14.4. The quantitative estimate of drug-likeness (QED) is 0.430. The van der Waals surface area contributed by atoms with Crippen LogP contribution in [0, 0.1) is 6.92 Å². The number of rotatable bonds is 6. The summed E-state index contributed by atoms with van der Waals surface area (Å²) in [6.07, 6.45) is 0. The van der Waals surface area contributed by atoms with Crippen molar-refractivity contribution in [2.45, 2.75) is 24.5 Å². The lowest BCUT2D eigenvalue weighted by molar-refractivity contribution is 0.252. The highest BCUT2D eigenvalue weighted by Gasteiger charge is 2.11. The van der Waals surface area contributed by atoms with Gasteiger partial charge in [-0.15, -0.1) is 10.2 Å². The van der Waals surface area contributed by atoms with Gasteiger partial charge >= 0.3 is 0 Å². The number of aromatic nitrogens is 4. The lowest BCUT2D eigenvalue weighted by atomic mass is 10.2. The van der Waals surface area contributed by atoms with Gasteiger partial charge in [0.2, 0.25) is 0 Å². The first-order valence-corrected chi connectivity index (χ1v) is 9.59. The fourth-order valence-corrected chi connectivity index (χ4v) is 3.34. The Morgan fingerprint density at radius 1 is 1.00 bits per heavy atom. The van der Waals surface area contributed by atoms with Crippen LogP contribution >= 0.6 is 23.4 Å². The largest absolute Gasteiger partial charge is 0.484 e. The number of nitrogens with zero attached hydrogens (tertiary/aromatic N) is 4. The molecular weight excluding hydrogens is 384 g/mol. The van der Waals surface area contributed by atoms with E-state index in [9.17, 15) is 0 Å². The third kappa shape index (κ3) is 4.37. The highest BCUT2D eigenvalue weighted by molar-refractivity contribution is 7.98. The molecule has 0 aliphatic carbocycles. The molecule has 4 rings (SSSR count). The summed E-state index contributed by atoms with van der Waals surface area (Å²) in [4.78, 5) is 9.26. The second kappa shape index (κ2) is 7.94. The van der Waals surface area contributed by atoms with Crippen LogP contribution < -0.4 is 4.74 Å². The van der Waals surface area contributed by atoms with Crippen molar-refractivity contribution < 1.29 is 9.15 Å². The third-order valence-corrected chi connectivity index (χ3v) is 4.88. The van der Waals surface area contributed by atoms with Crippen LogP contribution in [-0.2, 0) is 12.4 Å². The van der Waals surface area contributed by atoms with Crippen molar-refractivity contribution in [3.8, 4) is 5.75 Å². The number of benzene rings is 2. The Morgan fingerprint density at radius 3 is 2.52 bits per heavy atom. The Hall–Kier alpha value is -2.64. The van der Waals surface area contributed by atoms with Crippen molar-refractivity contribution in [2.75, 3.05) is 0 Å². The van der Waals surface area contributed by atoms with Gasteiger partial charge in [-0.2, -0.15) is 0 Å². The van der Waals surface area contributed by atoms with E-state index in [4.69, 9.17) is 20.8 Å². The molecule has 2 aromatic carbocycles. The number of ether oxygens (including phenoxy) is 1. The second-order valence-corrected chi connectivity index (χ2v) is 7.10. The maximum atomic E-state index is 5.85. The van der Waals surface area contributed by atoms with E-state index in [0.29, 0.717) is 27.6 Å². The van der Waals surface area contributed by atoms with Crippen LogP contribution in [0.2, 0.25) is 5.02 Å². The summed E-state index contributed by atoms with van der Waals surface area (Å²) in [6.45, 7) is 2.15. The van der Waals surface area contributed by atoms with E-state index >= 15 is 0 Å². The molecule has 0 radical (unpaired) electrons. The molecule has 0 saturated heterocycles. The van der Waals surface area contributed by atoms with E-state index in [1.165, 1.54) is 11.8 Å². The molecule has 0 aliphatic heterocycles. The van der Waals surface area contributed by atoms with Crippen molar-refractivity contribution in [1.29, 1.82) is 0 Å². The summed E-state index contributed by atoms with van der Waals surface area (Å²) in [6, 6.07) is 14.9. The third-order valence-electron chi connectivity index (χ3n) is 3.80. The summed E-state index contributed by atoms with van der Waals surface area (Å²) in [5, 5.41) is 9.19. The lowest BCUT2D eigenvalue weighted by Gasteiger charge is -2.05. The highest BCUT2D eigenvalue weighted by atomic mass is 35.5. The summed E-state index contributed by atoms with van der Waals surface area (Å²) in [5.74, 6) is 1.70. The van der Waals surface area contributed by atoms with Crippen molar-refractivity contribution >= 4 is 34.4 Å². The molecule has 0 saturated carbocycles. The Kier molecular flexibility index (Phi) is 5.22. The summed E-state index contributed by atoms with van der Waals surface area (Å²) in [5.41, 5.74) is 3.56. The van der Waals surface area contributed by atoms with Crippen LogP contribution in [0.4, 0.5) is 0 Å². The molecule has 0 atom stereocenters. The zero-order chi connectivity index (χ0) is 18.6. The monoisotopic (exact) mass is 398 g/mol. The number of para-hydroxylation sites is 2. The standard InChI is InChI=1S/C19H15ClN4O2S/c1-12-17(22-16-5-3-2-4-15(16)21-12)11-27-19-24-23-18(26-19)10-25-14-8-6-13(20)7-9-14/h2-9H,10-11H2,1H3. The molecule has 0 aliphatic rings. The van der Waals surface area contributed by atoms with Gasteiger partial charge in [-0.25, -0.2) is 9.97 Å². The van der Waals surface area contributed by atoms with Crippen LogP contribution in [-0.4, -0.2) is 20.2 Å². The first-order chi connectivity index (χ1) is 13.2. The summed E-state index contributed by atoms with van der Waals surface area (Å²) >= 11 is 7.28. The minimum atomic E-state index is 0.198. The first kappa shape index (κ1) is 17.8. The Morgan fingerprint density at radius 2 is 1.74 bits per heavy atom. The predicted molar refractivity (Wildman–Crippen MR) is 104 cm³/mol. The predicted octanol–water partition coefficient (Wildman–Crippen LogP) is 4.85. The van der Waals surface area contributed by atoms with Gasteiger partial charge in [-0.3, -0.25) is 0 Å². The summed E-state index contributed by atoms with van der Waals surface area (Å²) < 4.78 is 11.2. The van der Waals surface area contributed by atoms with Gasteiger partial charge in [0, 0.05) is 10.8 Å². The fourth-order valence-electron chi connectivity index (χ4n) is 2.42. The van der Waals surface area contributed by atoms with Crippen LogP contribution in [0.1, 0.15) is 17.3 Å². The van der Waals surface area contributed by atoms with Gasteiger partial charge in [-0.05, 0) is 43.3 Å². The molecule has 0 unspecified atom stereocenters. The number of aryl methyl sites for hydroxylation is 1. The minimum absolute atomic E-state index is 0.198. The Bertz CT molecular complexity index is 1070. The lowest BCUT2D eigenvalue weighted by Crippen LogP contribution is -1.96. The van der Waals surface area contributed by atoms with E-state index in [-0.39, 0.29) is 6.61 Å². The molecule has 0 spiro atoms. The van der Waals surface area contributed by atoms with Gasteiger partial charge in [0.15, 0.2) is 6.61 Å². The van der Waals surface area contributed by atoms with E-state index in [0.717, 1.165) is 22.4 Å². The van der Waals surface area contributed by atoms with Crippen molar-refractivity contribution in [3.63, 3.8) is 0 Å². The molecule has 136 valence electrons. The van der Waals surface area contributed by atoms with Crippen molar-refractivity contribution in [3.05, 3.63) is 70.8 Å². The molecule has 0 N–H and O–H groups in total. The van der Waals surface area contributed by atoms with Crippen LogP contribution in [0.3, 0.4) is 0 Å². The first-order valence-electron chi connectivity index (χ1n) is 8.23. The molecule has 2 aromatic heterocycles. The highest BCUT2D eigenvalue weighted by Crippen LogP contribution is 2.24. The number of hydrogen-bond donors (Lipinski definition) is 0. The van der Waals surface area contributed by atoms with Gasteiger partial charge in [-0.1, -0.05) is 35.5 Å². The molecule has 2 heterocycles. The van der Waals surface area contributed by atoms with Gasteiger partial charge in [0.1, 0.15) is 5.75 Å². The molecule has 0 fully saturated rings. The van der Waals surface area contributed by atoms with E-state index in [1.807, 2.05) is 31.2 Å². The zero-order valence-corrected chi connectivity index (χ0v) is 16.0. The normalized spacial score (nSPS) is 11.0. The number of fused-ring (bicyclic) bond motifs is 1. The van der Waals surface area contributed by atoms with E-state index in [2.05, 4.69) is 20.2 Å². The van der Waals surface area contributed by atoms with Gasteiger partial charge < -0.3 is 9.15 Å². The van der Waals surface area contributed by atoms with Crippen molar-refractivity contribution in [2.24, 2.45) is 0 Å². The van der Waals surface area contributed by atoms with E-state index < -0.39 is 0 Å². The fraction of sp³-hybridized carbons (Fsp3) is 0.158. The minimum Gasteiger partial charge on any atom is -0.484 e. The molecule has 6 nitrogen and oxygen atoms in total. The topological polar surface area (TPSA) is 73.9 Å². The molecule has 0 bridgehead atoms. The molecular formula is C19H15ClN4O2S. The van der Waals surface area contributed by atoms with Crippen molar-refractivity contribution in [1.82, 2.24) is 20.2 Å². The Balaban J connectivity index is 1.38. The SMILES string of the molecule is Cc1nc2ccccc2nc1CSc1nnc(COc2ccc(Cl)cc2)o1. The number of thioether (sulfide) groups is 1. The van der Waals surface area contributed by atoms with Crippen LogP contribution in [0.25, 0.3) is 11.0 Å². The average molecular weight is 399 g/mol. The van der Waals surface area contributed by atoms with Gasteiger partial charge in [0.25, 0.3) is 11.1 Å². The van der Waals surface area contributed by atoms with E-state index in [1.54, 1.807) is 24.3 Å².